The largest absolute Gasteiger partial charge is 0.318 e. The van der Waals surface area contributed by atoms with Crippen LogP contribution in [0.2, 0.25) is 19.6 Å². The van der Waals surface area contributed by atoms with Crippen LogP contribution in [0.4, 0.5) is 0 Å². The summed E-state index contributed by atoms with van der Waals surface area (Å²) < 4.78 is 0. The molecule has 0 aromatic carbocycles. The highest BCUT2D eigenvalue weighted by Gasteiger charge is 2.09. The summed E-state index contributed by atoms with van der Waals surface area (Å²) in [5, 5.41) is 2.92. The molecule has 1 nitrogen and oxygen atoms in total. The van der Waals surface area contributed by atoms with Gasteiger partial charge < -0.3 is 5.32 Å². The third-order valence-corrected chi connectivity index (χ3v) is 1.97. The highest BCUT2D eigenvalue weighted by Crippen LogP contribution is 1.95. The van der Waals surface area contributed by atoms with E-state index in [0.29, 0.717) is 0 Å². The molecule has 0 aromatic heterocycles. The van der Waals surface area contributed by atoms with Gasteiger partial charge >= 0.3 is 0 Å². The third kappa shape index (κ3) is 6.18. The maximum Gasteiger partial charge on any atom is 0.0595 e. The van der Waals surface area contributed by atoms with Crippen LogP contribution in [0.3, 0.4) is 0 Å². The Morgan fingerprint density at radius 2 is 1.86 bits per heavy atom. The first-order valence-electron chi connectivity index (χ1n) is 2.56. The summed E-state index contributed by atoms with van der Waals surface area (Å²) in [7, 11) is 2.72. The minimum Gasteiger partial charge on any atom is -0.318 e. The second kappa shape index (κ2) is 2.48. The summed E-state index contributed by atoms with van der Waals surface area (Å²) in [6.45, 7) is 6.93. The van der Waals surface area contributed by atoms with Crippen LogP contribution in [-0.2, 0) is 0 Å². The quantitative estimate of drug-likeness (QED) is 0.535. The van der Waals surface area contributed by atoms with Crippen molar-refractivity contribution in [2.45, 2.75) is 19.6 Å². The van der Waals surface area contributed by atoms with Crippen molar-refractivity contribution in [2.75, 3.05) is 6.17 Å². The van der Waals surface area contributed by atoms with Crippen LogP contribution < -0.4 is 5.32 Å². The van der Waals surface area contributed by atoms with E-state index in [-0.39, 0.29) is 0 Å². The van der Waals surface area contributed by atoms with Crippen molar-refractivity contribution in [2.24, 2.45) is 0 Å². The molecule has 0 fully saturated rings. The molecule has 0 heterocycles. The Hall–Kier alpha value is 0.177. The van der Waals surface area contributed by atoms with Gasteiger partial charge in [0.15, 0.2) is 0 Å². The van der Waals surface area contributed by atoms with Gasteiger partial charge in [0.1, 0.15) is 0 Å². The summed E-state index contributed by atoms with van der Waals surface area (Å²) in [4.78, 5) is 0. The van der Waals surface area contributed by atoms with Gasteiger partial charge in [-0.2, -0.15) is 0 Å². The fourth-order valence-corrected chi connectivity index (χ4v) is 1.12. The molecule has 1 N–H and O–H groups in total. The monoisotopic (exact) mass is 116 g/mol. The normalized spacial score (nSPS) is 12.0. The van der Waals surface area contributed by atoms with Crippen molar-refractivity contribution >= 4 is 8.07 Å². The average Bonchev–Trinajstić information content (AvgIpc) is 1.30. The van der Waals surface area contributed by atoms with Crippen LogP contribution in [0, 0.1) is 7.05 Å². The van der Waals surface area contributed by atoms with Gasteiger partial charge in [-0.05, 0) is 6.17 Å². The molecule has 2 heteroatoms. The van der Waals surface area contributed by atoms with E-state index in [2.05, 4.69) is 32.0 Å². The Kier molecular flexibility index (Phi) is 2.54. The topological polar surface area (TPSA) is 12.0 Å². The summed E-state index contributed by atoms with van der Waals surface area (Å²) in [5.74, 6) is 0. The van der Waals surface area contributed by atoms with Crippen molar-refractivity contribution in [3.63, 3.8) is 0 Å². The second-order valence-corrected chi connectivity index (χ2v) is 8.46. The second-order valence-electron chi connectivity index (χ2n) is 2.99. The summed E-state index contributed by atoms with van der Waals surface area (Å²) in [6, 6.07) is 0. The van der Waals surface area contributed by atoms with E-state index in [0.717, 1.165) is 6.17 Å². The van der Waals surface area contributed by atoms with Crippen molar-refractivity contribution in [1.82, 2.24) is 5.32 Å². The van der Waals surface area contributed by atoms with E-state index in [1.54, 1.807) is 0 Å². The lowest BCUT2D eigenvalue weighted by Gasteiger charge is -2.13. The summed E-state index contributed by atoms with van der Waals surface area (Å²) >= 11 is 0. The van der Waals surface area contributed by atoms with Gasteiger partial charge in [-0.25, -0.2) is 0 Å². The zero-order valence-electron chi connectivity index (χ0n) is 5.41. The zero-order valence-corrected chi connectivity index (χ0v) is 6.41. The first-order chi connectivity index (χ1) is 3.06. The lowest BCUT2D eigenvalue weighted by molar-refractivity contribution is 1.01. The lowest BCUT2D eigenvalue weighted by Crippen LogP contribution is -2.33. The van der Waals surface area contributed by atoms with E-state index < -0.39 is 8.07 Å². The highest BCUT2D eigenvalue weighted by atomic mass is 28.3. The van der Waals surface area contributed by atoms with Crippen LogP contribution in [0.5, 0.6) is 0 Å². The Morgan fingerprint density at radius 3 is 1.86 bits per heavy atom. The molecule has 0 saturated carbocycles. The van der Waals surface area contributed by atoms with E-state index in [4.69, 9.17) is 0 Å². The van der Waals surface area contributed by atoms with Crippen LogP contribution in [-0.4, -0.2) is 14.2 Å². The minimum absolute atomic E-state index is 0.831. The smallest absolute Gasteiger partial charge is 0.0595 e. The van der Waals surface area contributed by atoms with Crippen molar-refractivity contribution in [1.29, 1.82) is 0 Å². The molecule has 0 rings (SSSR count). The molecule has 0 aromatic rings. The highest BCUT2D eigenvalue weighted by molar-refractivity contribution is 6.76. The van der Waals surface area contributed by atoms with Gasteiger partial charge in [0.2, 0.25) is 0 Å². The van der Waals surface area contributed by atoms with E-state index in [1.807, 2.05) is 0 Å². The summed E-state index contributed by atoms with van der Waals surface area (Å²) in [5.41, 5.74) is 0. The maximum absolute atomic E-state index is 3.56. The molecule has 0 aliphatic carbocycles. The molecule has 7 heavy (non-hydrogen) atoms. The molecule has 43 valence electrons. The number of nitrogens with one attached hydrogen (secondary N) is 1. The van der Waals surface area contributed by atoms with E-state index in [1.165, 1.54) is 0 Å². The van der Waals surface area contributed by atoms with Crippen LogP contribution in [0.1, 0.15) is 0 Å². The fraction of sp³-hybridized carbons (Fsp3) is 0.800. The van der Waals surface area contributed by atoms with Gasteiger partial charge in [-0.15, -0.1) is 0 Å². The first-order valence-corrected chi connectivity index (χ1v) is 6.27. The molecule has 0 amide bonds. The zero-order chi connectivity index (χ0) is 5.91. The molecular weight excluding hydrogens is 102 g/mol. The summed E-state index contributed by atoms with van der Waals surface area (Å²) in [6.07, 6.45) is 1.12. The first kappa shape index (κ1) is 7.18. The Morgan fingerprint density at radius 1 is 1.43 bits per heavy atom. The van der Waals surface area contributed by atoms with Gasteiger partial charge in [-0.3, -0.25) is 0 Å². The Balaban J connectivity index is 3.15. The minimum atomic E-state index is -0.831. The van der Waals surface area contributed by atoms with Gasteiger partial charge in [0.25, 0.3) is 0 Å². The maximum atomic E-state index is 3.56. The van der Waals surface area contributed by atoms with Gasteiger partial charge in [0, 0.05) is 7.05 Å². The average molecular weight is 116 g/mol. The van der Waals surface area contributed by atoms with Gasteiger partial charge in [-0.1, -0.05) is 19.6 Å². The standard InChI is InChI=1S/C5H14NSi/c1-6-5-7(2,3)4/h6H,1,5H2,2-4H3. The molecule has 0 aliphatic rings. The van der Waals surface area contributed by atoms with Gasteiger partial charge in [0.05, 0.1) is 8.07 Å². The predicted molar refractivity (Wildman–Crippen MR) is 36.7 cm³/mol. The molecule has 0 spiro atoms. The van der Waals surface area contributed by atoms with E-state index >= 15 is 0 Å². The van der Waals surface area contributed by atoms with Crippen molar-refractivity contribution in [3.05, 3.63) is 7.05 Å². The molecular formula is C5H14NSi. The Bertz CT molecular complexity index is 46.5. The fourth-order valence-electron chi connectivity index (χ4n) is 0.375. The van der Waals surface area contributed by atoms with Crippen LogP contribution >= 0.6 is 0 Å². The number of hydrogen-bond donors (Lipinski definition) is 1. The number of rotatable bonds is 2. The van der Waals surface area contributed by atoms with Crippen LogP contribution in [0.15, 0.2) is 0 Å². The van der Waals surface area contributed by atoms with Crippen molar-refractivity contribution in [3.8, 4) is 0 Å². The SMILES string of the molecule is [CH2]NC[Si](C)(C)C. The van der Waals surface area contributed by atoms with Crippen LogP contribution in [0.25, 0.3) is 0 Å². The van der Waals surface area contributed by atoms with Crippen molar-refractivity contribution < 1.29 is 0 Å². The number of hydrogen-bond acceptors (Lipinski definition) is 1. The predicted octanol–water partition coefficient (Wildman–Crippen LogP) is 1.24. The molecule has 0 atom stereocenters. The molecule has 0 bridgehead atoms. The Labute approximate surface area is 47.1 Å². The molecule has 0 saturated heterocycles. The van der Waals surface area contributed by atoms with E-state index in [9.17, 15) is 0 Å². The molecule has 0 unspecified atom stereocenters. The molecule has 0 aliphatic heterocycles. The molecule has 1 radical (unpaired) electrons. The lowest BCUT2D eigenvalue weighted by atomic mass is 11.2. The third-order valence-electron chi connectivity index (χ3n) is 0.655.